The van der Waals surface area contributed by atoms with E-state index in [1.165, 1.54) is 32.1 Å². The van der Waals surface area contributed by atoms with Crippen molar-refractivity contribution in [2.45, 2.75) is 64.1 Å². The second-order valence-corrected chi connectivity index (χ2v) is 17.0. The lowest BCUT2D eigenvalue weighted by Gasteiger charge is -2.42. The van der Waals surface area contributed by atoms with Crippen LogP contribution in [-0.4, -0.2) is 58.0 Å². The quantitative estimate of drug-likeness (QED) is 0.153. The molecule has 0 spiro atoms. The Morgan fingerprint density at radius 1 is 0.875 bits per heavy atom. The molecule has 1 aliphatic carbocycles. The van der Waals surface area contributed by atoms with Gasteiger partial charge >= 0.3 is 0 Å². The average Bonchev–Trinajstić information content (AvgIpc) is 3.51. The molecule has 9 rings (SSSR count). The van der Waals surface area contributed by atoms with Gasteiger partial charge in [-0.05, 0) is 89.4 Å². The standard InChI is InChI=1S/C46H46Cl3N5O2/c1-28-9-8-18-54-44(34-16-15-31(47)25-36(34)49)35-24-32(48)26-38-41(35)42(45(54)40(28)30-10-4-2-5-11-30)43(50-38)46(56)51-37-23-29(27-55)14-17-39(37)53-21-19-52(20-22-53)33-12-6-3-7-13-33/h2,4-5,8,10-11,14-18,23-26,28,33,44,50,55H,3,6-7,9,12-13,19-22,27H2,1H3,(H,51,56). The number of hydrogen-bond acceptors (Lipinski definition) is 5. The van der Waals surface area contributed by atoms with E-state index in [0.29, 0.717) is 32.5 Å². The molecule has 4 aromatic carbocycles. The van der Waals surface area contributed by atoms with Crippen LogP contribution in [-0.2, 0) is 6.61 Å². The minimum atomic E-state index is -0.351. The number of hydrogen-bond donors (Lipinski definition) is 3. The summed E-state index contributed by atoms with van der Waals surface area (Å²) in [5.41, 5.74) is 9.42. The number of fused-ring (bicyclic) bond motifs is 2. The number of nitrogens with one attached hydrogen (secondary N) is 2. The maximum absolute atomic E-state index is 15.0. The van der Waals surface area contributed by atoms with Crippen LogP contribution in [0.4, 0.5) is 11.4 Å². The number of amides is 1. The summed E-state index contributed by atoms with van der Waals surface area (Å²) in [5.74, 6) is -0.135. The lowest BCUT2D eigenvalue weighted by Crippen LogP contribution is -2.51. The third-order valence-corrected chi connectivity index (χ3v) is 13.1. The van der Waals surface area contributed by atoms with Gasteiger partial charge in [0.1, 0.15) is 5.69 Å². The molecule has 0 radical (unpaired) electrons. The van der Waals surface area contributed by atoms with E-state index in [1.807, 2.05) is 48.5 Å². The summed E-state index contributed by atoms with van der Waals surface area (Å²) in [6.45, 7) is 5.85. The Morgan fingerprint density at radius 3 is 2.41 bits per heavy atom. The molecule has 1 aromatic heterocycles. The molecule has 7 nitrogen and oxygen atoms in total. The zero-order valence-electron chi connectivity index (χ0n) is 31.5. The number of benzene rings is 4. The average molecular weight is 807 g/mol. The number of aromatic amines is 1. The van der Waals surface area contributed by atoms with Crippen LogP contribution in [0.5, 0.6) is 0 Å². The van der Waals surface area contributed by atoms with Crippen LogP contribution in [0, 0.1) is 5.92 Å². The largest absolute Gasteiger partial charge is 0.392 e. The number of carbonyl (C=O) groups excluding carboxylic acids is 1. The van der Waals surface area contributed by atoms with Gasteiger partial charge in [-0.15, -0.1) is 0 Å². The van der Waals surface area contributed by atoms with Crippen LogP contribution < -0.4 is 10.2 Å². The lowest BCUT2D eigenvalue weighted by molar-refractivity contribution is 0.102. The SMILES string of the molecule is CC1CC=CN2C(=C1c1ccccc1)c1c(C(=O)Nc3cc(CO)ccc3N3CCN(C4CCCCC4)CC3)[nH]c3cc(Cl)cc(c13)C2c1ccc(Cl)cc1Cl. The van der Waals surface area contributed by atoms with Crippen molar-refractivity contribution < 1.29 is 9.90 Å². The van der Waals surface area contributed by atoms with Crippen LogP contribution in [0.3, 0.4) is 0 Å². The molecular formula is C46H46Cl3N5O2. The van der Waals surface area contributed by atoms with Crippen molar-refractivity contribution >= 4 is 74.3 Å². The van der Waals surface area contributed by atoms with Gasteiger partial charge in [-0.1, -0.05) is 110 Å². The summed E-state index contributed by atoms with van der Waals surface area (Å²) in [6, 6.07) is 26.2. The molecule has 0 bridgehead atoms. The Bertz CT molecular complexity index is 2360. The molecular weight excluding hydrogens is 761 g/mol. The Morgan fingerprint density at radius 2 is 1.66 bits per heavy atom. The Labute approximate surface area is 343 Å². The monoisotopic (exact) mass is 805 g/mol. The van der Waals surface area contributed by atoms with E-state index in [9.17, 15) is 5.11 Å². The van der Waals surface area contributed by atoms with Crippen LogP contribution >= 0.6 is 34.8 Å². The van der Waals surface area contributed by atoms with Crippen LogP contribution in [0.25, 0.3) is 22.2 Å². The molecule has 3 aliphatic heterocycles. The smallest absolute Gasteiger partial charge is 0.272 e. The highest BCUT2D eigenvalue weighted by Crippen LogP contribution is 2.53. The third kappa shape index (κ3) is 6.81. The molecule has 56 heavy (non-hydrogen) atoms. The molecule has 4 heterocycles. The van der Waals surface area contributed by atoms with E-state index in [-0.39, 0.29) is 24.5 Å². The van der Waals surface area contributed by atoms with Crippen molar-refractivity contribution in [3.63, 3.8) is 0 Å². The van der Waals surface area contributed by atoms with Gasteiger partial charge in [0.05, 0.1) is 29.7 Å². The topological polar surface area (TPSA) is 74.8 Å². The predicted octanol–water partition coefficient (Wildman–Crippen LogP) is 11.2. The van der Waals surface area contributed by atoms with Gasteiger partial charge in [0, 0.05) is 70.0 Å². The number of aromatic nitrogens is 1. The van der Waals surface area contributed by atoms with Crippen molar-refractivity contribution in [2.75, 3.05) is 36.4 Å². The lowest BCUT2D eigenvalue weighted by atomic mass is 9.82. The second-order valence-electron chi connectivity index (χ2n) is 15.7. The maximum atomic E-state index is 15.0. The maximum Gasteiger partial charge on any atom is 0.272 e. The number of allylic oxidation sites excluding steroid dienone is 2. The first-order valence-corrected chi connectivity index (χ1v) is 21.0. The van der Waals surface area contributed by atoms with E-state index in [2.05, 4.69) is 68.5 Å². The van der Waals surface area contributed by atoms with Crippen molar-refractivity contribution in [1.29, 1.82) is 0 Å². The number of rotatable bonds is 7. The molecule has 3 N–H and O–H groups in total. The Balaban J connectivity index is 1.19. The van der Waals surface area contributed by atoms with E-state index in [1.54, 1.807) is 6.07 Å². The number of H-pyrrole nitrogens is 1. The van der Waals surface area contributed by atoms with E-state index in [0.717, 1.165) is 88.3 Å². The molecule has 5 aromatic rings. The number of aliphatic hydroxyl groups excluding tert-OH is 1. The number of piperazine rings is 1. The summed E-state index contributed by atoms with van der Waals surface area (Å²) < 4.78 is 0. The van der Waals surface area contributed by atoms with Crippen molar-refractivity contribution in [1.82, 2.24) is 14.8 Å². The molecule has 1 saturated heterocycles. The van der Waals surface area contributed by atoms with Gasteiger partial charge in [0.15, 0.2) is 0 Å². The first kappa shape index (κ1) is 37.3. The molecule has 2 fully saturated rings. The van der Waals surface area contributed by atoms with Gasteiger partial charge in [0.25, 0.3) is 5.91 Å². The number of carbonyl (C=O) groups is 1. The fourth-order valence-corrected chi connectivity index (χ4v) is 10.4. The fraction of sp³-hybridized carbons (Fsp3) is 0.326. The van der Waals surface area contributed by atoms with E-state index >= 15 is 4.79 Å². The molecule has 288 valence electrons. The zero-order valence-corrected chi connectivity index (χ0v) is 33.8. The summed E-state index contributed by atoms with van der Waals surface area (Å²) >= 11 is 20.4. The van der Waals surface area contributed by atoms with Gasteiger partial charge in [0.2, 0.25) is 0 Å². The minimum absolute atomic E-state index is 0.126. The van der Waals surface area contributed by atoms with Gasteiger partial charge in [-0.2, -0.15) is 0 Å². The summed E-state index contributed by atoms with van der Waals surface area (Å²) in [6.07, 6.45) is 11.7. The molecule has 1 saturated carbocycles. The van der Waals surface area contributed by atoms with Crippen molar-refractivity contribution in [3.05, 3.63) is 140 Å². The highest BCUT2D eigenvalue weighted by atomic mass is 35.5. The van der Waals surface area contributed by atoms with Crippen molar-refractivity contribution in [3.8, 4) is 0 Å². The molecule has 1 amide bonds. The number of nitrogens with zero attached hydrogens (tertiary/aromatic N) is 3. The first-order valence-electron chi connectivity index (χ1n) is 19.9. The minimum Gasteiger partial charge on any atom is -0.392 e. The molecule has 10 heteroatoms. The summed E-state index contributed by atoms with van der Waals surface area (Å²) in [7, 11) is 0. The summed E-state index contributed by atoms with van der Waals surface area (Å²) in [4.78, 5) is 25.9. The summed E-state index contributed by atoms with van der Waals surface area (Å²) in [5, 5.41) is 16.2. The highest BCUT2D eigenvalue weighted by molar-refractivity contribution is 6.35. The normalized spacial score (nSPS) is 20.4. The number of anilines is 2. The Hall–Kier alpha value is -4.24. The number of halogens is 3. The van der Waals surface area contributed by atoms with Gasteiger partial charge in [-0.25, -0.2) is 0 Å². The number of aliphatic hydroxyl groups is 1. The van der Waals surface area contributed by atoms with E-state index in [4.69, 9.17) is 34.8 Å². The van der Waals surface area contributed by atoms with E-state index < -0.39 is 0 Å². The first-order chi connectivity index (χ1) is 27.3. The van der Waals surface area contributed by atoms with Crippen LogP contribution in [0.15, 0.2) is 91.1 Å². The second kappa shape index (κ2) is 15.6. The highest BCUT2D eigenvalue weighted by Gasteiger charge is 2.40. The van der Waals surface area contributed by atoms with Crippen LogP contribution in [0.1, 0.15) is 89.8 Å². The zero-order chi connectivity index (χ0) is 38.5. The molecule has 4 aliphatic rings. The predicted molar refractivity (Wildman–Crippen MR) is 231 cm³/mol. The van der Waals surface area contributed by atoms with Crippen LogP contribution in [0.2, 0.25) is 15.1 Å². The van der Waals surface area contributed by atoms with Gasteiger partial charge < -0.3 is 25.2 Å². The third-order valence-electron chi connectivity index (χ3n) is 12.3. The van der Waals surface area contributed by atoms with Gasteiger partial charge in [-0.3, -0.25) is 9.69 Å². The Kier molecular flexibility index (Phi) is 10.4. The van der Waals surface area contributed by atoms with Crippen molar-refractivity contribution in [2.24, 2.45) is 5.92 Å². The molecule has 2 unspecified atom stereocenters. The molecule has 2 atom stereocenters. The fourth-order valence-electron chi connectivity index (χ4n) is 9.62.